The van der Waals surface area contributed by atoms with Crippen LogP contribution >= 0.6 is 0 Å². The predicted octanol–water partition coefficient (Wildman–Crippen LogP) is 3.54. The van der Waals surface area contributed by atoms with E-state index in [0.717, 1.165) is 11.8 Å². The van der Waals surface area contributed by atoms with Gasteiger partial charge >= 0.3 is 0 Å². The van der Waals surface area contributed by atoms with E-state index < -0.39 is 8.32 Å². The second kappa shape index (κ2) is 2.87. The first-order valence-electron chi connectivity index (χ1n) is 5.37. The molecule has 0 aromatic rings. The largest absolute Gasteiger partial charge is 0.547 e. The van der Waals surface area contributed by atoms with Gasteiger partial charge in [0.15, 0.2) is 0 Å². The Labute approximate surface area is 82.3 Å². The molecule has 0 heterocycles. The fraction of sp³-hybridized carbons (Fsp3) is 0.818. The number of fused-ring (bicyclic) bond motifs is 2. The molecule has 0 N–H and O–H groups in total. The second-order valence-electron chi connectivity index (χ2n) is 5.47. The van der Waals surface area contributed by atoms with E-state index in [1.807, 2.05) is 0 Å². The molecule has 0 aliphatic heterocycles. The van der Waals surface area contributed by atoms with E-state index >= 15 is 0 Å². The summed E-state index contributed by atoms with van der Waals surface area (Å²) in [7, 11) is -1.36. The van der Waals surface area contributed by atoms with Gasteiger partial charge in [0.25, 0.3) is 0 Å². The van der Waals surface area contributed by atoms with Crippen molar-refractivity contribution in [2.75, 3.05) is 0 Å². The lowest BCUT2D eigenvalue weighted by molar-refractivity contribution is 0.346. The van der Waals surface area contributed by atoms with Crippen LogP contribution in [0.15, 0.2) is 11.3 Å². The van der Waals surface area contributed by atoms with Crippen molar-refractivity contribution in [2.24, 2.45) is 11.8 Å². The van der Waals surface area contributed by atoms with Gasteiger partial charge in [-0.25, -0.2) is 0 Å². The van der Waals surface area contributed by atoms with Crippen LogP contribution in [0.4, 0.5) is 0 Å². The van der Waals surface area contributed by atoms with Gasteiger partial charge in [0.2, 0.25) is 8.32 Å². The highest BCUT2D eigenvalue weighted by atomic mass is 28.4. The van der Waals surface area contributed by atoms with Gasteiger partial charge in [-0.05, 0) is 57.3 Å². The molecular weight excluding hydrogens is 176 g/mol. The molecule has 0 radical (unpaired) electrons. The smallest absolute Gasteiger partial charge is 0.241 e. The first-order valence-corrected chi connectivity index (χ1v) is 8.78. The van der Waals surface area contributed by atoms with Crippen LogP contribution in [0.2, 0.25) is 19.6 Å². The van der Waals surface area contributed by atoms with Crippen LogP contribution in [-0.2, 0) is 4.43 Å². The second-order valence-corrected chi connectivity index (χ2v) is 9.90. The van der Waals surface area contributed by atoms with Gasteiger partial charge in [-0.1, -0.05) is 0 Å². The molecule has 2 rings (SSSR count). The van der Waals surface area contributed by atoms with Crippen LogP contribution in [-0.4, -0.2) is 8.32 Å². The van der Waals surface area contributed by atoms with E-state index in [-0.39, 0.29) is 0 Å². The van der Waals surface area contributed by atoms with Crippen LogP contribution in [0.5, 0.6) is 0 Å². The monoisotopic (exact) mass is 196 g/mol. The maximum absolute atomic E-state index is 6.16. The minimum atomic E-state index is -1.36. The summed E-state index contributed by atoms with van der Waals surface area (Å²) in [5.74, 6) is 3.04. The summed E-state index contributed by atoms with van der Waals surface area (Å²) in [6.45, 7) is 9.11. The summed E-state index contributed by atoms with van der Waals surface area (Å²) >= 11 is 0. The third-order valence-electron chi connectivity index (χ3n) is 3.22. The molecule has 0 spiro atoms. The third kappa shape index (κ3) is 1.69. The van der Waals surface area contributed by atoms with Crippen molar-refractivity contribution in [1.82, 2.24) is 0 Å². The summed E-state index contributed by atoms with van der Waals surface area (Å²) in [5.41, 5.74) is 1.57. The first kappa shape index (κ1) is 9.32. The topological polar surface area (TPSA) is 9.23 Å². The molecule has 2 aliphatic rings. The molecule has 13 heavy (non-hydrogen) atoms. The maximum Gasteiger partial charge on any atom is 0.241 e. The van der Waals surface area contributed by atoms with Crippen LogP contribution in [0.1, 0.15) is 26.2 Å². The molecule has 1 fully saturated rings. The number of rotatable bonds is 2. The van der Waals surface area contributed by atoms with Crippen molar-refractivity contribution in [3.63, 3.8) is 0 Å². The van der Waals surface area contributed by atoms with Crippen LogP contribution in [0.25, 0.3) is 0 Å². The van der Waals surface area contributed by atoms with Crippen LogP contribution in [0.3, 0.4) is 0 Å². The number of allylic oxidation sites excluding steroid dienone is 2. The van der Waals surface area contributed by atoms with Gasteiger partial charge in [0.1, 0.15) is 0 Å². The molecular formula is C11H20OSi. The Kier molecular flexibility index (Phi) is 2.06. The van der Waals surface area contributed by atoms with Crippen LogP contribution < -0.4 is 0 Å². The number of hydrogen-bond donors (Lipinski definition) is 0. The molecule has 0 aromatic carbocycles. The molecule has 2 unspecified atom stereocenters. The zero-order valence-electron chi connectivity index (χ0n) is 9.18. The lowest BCUT2D eigenvalue weighted by Crippen LogP contribution is -2.27. The van der Waals surface area contributed by atoms with E-state index in [2.05, 4.69) is 26.6 Å². The fourth-order valence-electron chi connectivity index (χ4n) is 2.63. The molecule has 2 atom stereocenters. The van der Waals surface area contributed by atoms with E-state index in [9.17, 15) is 0 Å². The highest BCUT2D eigenvalue weighted by molar-refractivity contribution is 6.70. The van der Waals surface area contributed by atoms with E-state index in [4.69, 9.17) is 4.43 Å². The Balaban J connectivity index is 2.15. The molecule has 1 saturated carbocycles. The molecule has 2 heteroatoms. The van der Waals surface area contributed by atoms with Crippen molar-refractivity contribution in [1.29, 1.82) is 0 Å². The van der Waals surface area contributed by atoms with Gasteiger partial charge in [0, 0.05) is 5.92 Å². The summed E-state index contributed by atoms with van der Waals surface area (Å²) in [6, 6.07) is 0. The average Bonchev–Trinajstić information content (AvgIpc) is 2.51. The standard InChI is InChI=1S/C11H20OSi/c1-8-9-5-6-10(7-9)11(8)12-13(2,3)4/h9-10H,5-7H2,1-4H3. The quantitative estimate of drug-likeness (QED) is 0.614. The Bertz CT molecular complexity index is 249. The van der Waals surface area contributed by atoms with Crippen LogP contribution in [0, 0.1) is 11.8 Å². The Morgan fingerprint density at radius 1 is 1.15 bits per heavy atom. The maximum atomic E-state index is 6.16. The van der Waals surface area contributed by atoms with Gasteiger partial charge in [-0.15, -0.1) is 0 Å². The summed E-state index contributed by atoms with van der Waals surface area (Å²) in [4.78, 5) is 0. The Hall–Kier alpha value is -0.243. The molecule has 0 aromatic heterocycles. The summed E-state index contributed by atoms with van der Waals surface area (Å²) in [6.07, 6.45) is 4.17. The van der Waals surface area contributed by atoms with E-state index in [1.165, 1.54) is 25.0 Å². The van der Waals surface area contributed by atoms with E-state index in [1.54, 1.807) is 5.57 Å². The highest BCUT2D eigenvalue weighted by Crippen LogP contribution is 2.49. The van der Waals surface area contributed by atoms with Gasteiger partial charge in [-0.3, -0.25) is 0 Å². The zero-order chi connectivity index (χ0) is 9.64. The van der Waals surface area contributed by atoms with Crippen molar-refractivity contribution in [3.8, 4) is 0 Å². The molecule has 0 saturated heterocycles. The first-order chi connectivity index (χ1) is 5.97. The molecule has 2 aliphatic carbocycles. The Morgan fingerprint density at radius 3 is 2.23 bits per heavy atom. The van der Waals surface area contributed by atoms with Gasteiger partial charge in [0.05, 0.1) is 5.76 Å². The van der Waals surface area contributed by atoms with Gasteiger partial charge in [-0.2, -0.15) is 0 Å². The van der Waals surface area contributed by atoms with Gasteiger partial charge < -0.3 is 4.43 Å². The van der Waals surface area contributed by atoms with Crippen molar-refractivity contribution in [2.45, 2.75) is 45.8 Å². The summed E-state index contributed by atoms with van der Waals surface area (Å²) < 4.78 is 6.16. The molecule has 0 amide bonds. The lowest BCUT2D eigenvalue weighted by atomic mass is 9.99. The number of hydrogen-bond acceptors (Lipinski definition) is 1. The minimum absolute atomic E-state index is 0.789. The minimum Gasteiger partial charge on any atom is -0.547 e. The Morgan fingerprint density at radius 2 is 1.77 bits per heavy atom. The highest BCUT2D eigenvalue weighted by Gasteiger charge is 2.39. The predicted molar refractivity (Wildman–Crippen MR) is 58.0 cm³/mol. The lowest BCUT2D eigenvalue weighted by Gasteiger charge is -2.26. The molecule has 74 valence electrons. The molecule has 2 bridgehead atoms. The van der Waals surface area contributed by atoms with Crippen molar-refractivity contribution in [3.05, 3.63) is 11.3 Å². The zero-order valence-corrected chi connectivity index (χ0v) is 10.2. The summed E-state index contributed by atoms with van der Waals surface area (Å²) in [5, 5.41) is 0. The fourth-order valence-corrected chi connectivity index (χ4v) is 3.62. The van der Waals surface area contributed by atoms with Crippen molar-refractivity contribution < 1.29 is 4.43 Å². The molecule has 1 nitrogen and oxygen atoms in total. The van der Waals surface area contributed by atoms with E-state index in [0.29, 0.717) is 0 Å². The average molecular weight is 196 g/mol. The third-order valence-corrected chi connectivity index (χ3v) is 4.05. The normalized spacial score (nSPS) is 32.9. The van der Waals surface area contributed by atoms with Crippen molar-refractivity contribution >= 4 is 8.32 Å². The SMILES string of the molecule is CC1=C(O[Si](C)(C)C)C2CCC1C2.